The van der Waals surface area contributed by atoms with Gasteiger partial charge in [0.1, 0.15) is 18.5 Å². The van der Waals surface area contributed by atoms with Crippen molar-refractivity contribution in [3.8, 4) is 5.75 Å². The summed E-state index contributed by atoms with van der Waals surface area (Å²) in [5, 5.41) is 14.7. The number of aliphatic hydroxyl groups is 1. The van der Waals surface area contributed by atoms with Crippen molar-refractivity contribution in [2.75, 3.05) is 6.61 Å². The van der Waals surface area contributed by atoms with Crippen LogP contribution in [-0.4, -0.2) is 27.6 Å². The largest absolute Gasteiger partial charge is 0.491 e. The molecule has 0 fully saturated rings. The molecular weight excluding hydrogens is 316 g/mol. The normalized spacial score (nSPS) is 13.1. The van der Waals surface area contributed by atoms with Crippen molar-refractivity contribution >= 4 is 0 Å². The average Bonchev–Trinajstić information content (AvgIpc) is 2.54. The highest BCUT2D eigenvalue weighted by molar-refractivity contribution is 5.35. The molecular formula is C20H28N2O3. The number of aliphatic hydroxyl groups excluding tert-OH is 1. The van der Waals surface area contributed by atoms with E-state index >= 15 is 0 Å². The number of hydrogen-bond acceptors (Lipinski definition) is 4. The summed E-state index contributed by atoms with van der Waals surface area (Å²) >= 11 is 0. The fourth-order valence-electron chi connectivity index (χ4n) is 2.51. The molecule has 0 radical (unpaired) electrons. The summed E-state index contributed by atoms with van der Waals surface area (Å²) in [7, 11) is 0. The van der Waals surface area contributed by atoms with Gasteiger partial charge in [0.15, 0.2) is 0 Å². The first kappa shape index (κ1) is 19.2. The van der Waals surface area contributed by atoms with Crippen LogP contribution < -0.4 is 10.3 Å². The number of para-hydroxylation sites is 1. The Bertz CT molecular complexity index is 760. The molecule has 25 heavy (non-hydrogen) atoms. The molecule has 5 nitrogen and oxygen atoms in total. The second kappa shape index (κ2) is 7.83. The molecule has 0 aliphatic carbocycles. The van der Waals surface area contributed by atoms with E-state index in [2.05, 4.69) is 18.9 Å². The molecule has 0 bridgehead atoms. The van der Waals surface area contributed by atoms with Crippen LogP contribution in [0.3, 0.4) is 0 Å². The Kier molecular flexibility index (Phi) is 6.01. The molecule has 5 heteroatoms. The van der Waals surface area contributed by atoms with Gasteiger partial charge in [-0.05, 0) is 23.6 Å². The number of ether oxygens (including phenoxy) is 1. The van der Waals surface area contributed by atoms with Gasteiger partial charge in [0, 0.05) is 11.5 Å². The summed E-state index contributed by atoms with van der Waals surface area (Å²) in [6.07, 6.45) is -0.819. The predicted octanol–water partition coefficient (Wildman–Crippen LogP) is 3.10. The van der Waals surface area contributed by atoms with Crippen LogP contribution in [0.4, 0.5) is 0 Å². The lowest BCUT2D eigenvalue weighted by molar-refractivity contribution is 0.0870. The second-order valence-electron chi connectivity index (χ2n) is 7.65. The first-order valence-electron chi connectivity index (χ1n) is 8.67. The second-order valence-corrected chi connectivity index (χ2v) is 7.65. The van der Waals surface area contributed by atoms with Crippen molar-refractivity contribution in [1.82, 2.24) is 9.78 Å². The lowest BCUT2D eigenvalue weighted by Gasteiger charge is -2.20. The third kappa shape index (κ3) is 5.16. The van der Waals surface area contributed by atoms with Gasteiger partial charge in [0.25, 0.3) is 5.56 Å². The van der Waals surface area contributed by atoms with Crippen molar-refractivity contribution < 1.29 is 9.84 Å². The van der Waals surface area contributed by atoms with E-state index in [-0.39, 0.29) is 24.1 Å². The van der Waals surface area contributed by atoms with E-state index in [1.165, 1.54) is 10.7 Å². The minimum Gasteiger partial charge on any atom is -0.491 e. The van der Waals surface area contributed by atoms with E-state index in [1.54, 1.807) is 6.07 Å². The van der Waals surface area contributed by atoms with E-state index in [9.17, 15) is 9.90 Å². The van der Waals surface area contributed by atoms with Crippen molar-refractivity contribution in [3.63, 3.8) is 0 Å². The summed E-state index contributed by atoms with van der Waals surface area (Å²) in [5.74, 6) is 1.10. The van der Waals surface area contributed by atoms with Gasteiger partial charge in [-0.1, -0.05) is 52.8 Å². The first-order valence-corrected chi connectivity index (χ1v) is 8.67. The zero-order valence-corrected chi connectivity index (χ0v) is 15.7. The lowest BCUT2D eigenvalue weighted by Crippen LogP contribution is -2.33. The smallest absolute Gasteiger partial charge is 0.266 e. The van der Waals surface area contributed by atoms with Crippen LogP contribution in [0.5, 0.6) is 5.75 Å². The van der Waals surface area contributed by atoms with E-state index < -0.39 is 6.10 Å². The topological polar surface area (TPSA) is 64.3 Å². The highest BCUT2D eigenvalue weighted by Gasteiger charge is 2.18. The van der Waals surface area contributed by atoms with Crippen LogP contribution in [0.15, 0.2) is 41.2 Å². The number of nitrogens with zero attached hydrogens (tertiary/aromatic N) is 2. The van der Waals surface area contributed by atoms with Gasteiger partial charge in [-0.3, -0.25) is 4.79 Å². The SMILES string of the molecule is CC(C)c1ccccc1OCC(O)Cn1nc(C(C)(C)C)ccc1=O. The van der Waals surface area contributed by atoms with Crippen LogP contribution in [0.2, 0.25) is 0 Å². The lowest BCUT2D eigenvalue weighted by atomic mass is 9.92. The van der Waals surface area contributed by atoms with Crippen molar-refractivity contribution in [2.45, 2.75) is 58.6 Å². The van der Waals surface area contributed by atoms with E-state index in [1.807, 2.05) is 45.0 Å². The van der Waals surface area contributed by atoms with Crippen molar-refractivity contribution in [2.24, 2.45) is 0 Å². The quantitative estimate of drug-likeness (QED) is 0.874. The number of rotatable bonds is 6. The highest BCUT2D eigenvalue weighted by atomic mass is 16.5. The molecule has 136 valence electrons. The standard InChI is InChI=1S/C20H28N2O3/c1-14(2)16-8-6-7-9-17(16)25-13-15(23)12-22-19(24)11-10-18(21-22)20(3,4)5/h6-11,14-15,23H,12-13H2,1-5H3. The summed E-state index contributed by atoms with van der Waals surface area (Å²) in [6.45, 7) is 10.5. The molecule has 2 aromatic rings. The maximum atomic E-state index is 12.0. The Morgan fingerprint density at radius 2 is 1.84 bits per heavy atom. The Morgan fingerprint density at radius 3 is 2.48 bits per heavy atom. The van der Waals surface area contributed by atoms with Crippen LogP contribution in [0, 0.1) is 0 Å². The molecule has 1 aromatic heterocycles. The molecule has 0 spiro atoms. The number of hydrogen-bond donors (Lipinski definition) is 1. The minimum absolute atomic E-state index is 0.104. The fraction of sp³-hybridized carbons (Fsp3) is 0.500. The molecule has 1 atom stereocenters. The van der Waals surface area contributed by atoms with E-state index in [0.717, 1.165) is 17.0 Å². The summed E-state index contributed by atoms with van der Waals surface area (Å²) in [5.41, 5.74) is 1.52. The fourth-order valence-corrected chi connectivity index (χ4v) is 2.51. The Balaban J connectivity index is 2.06. The molecule has 1 N–H and O–H groups in total. The van der Waals surface area contributed by atoms with Gasteiger partial charge in [-0.25, -0.2) is 4.68 Å². The molecule has 0 aliphatic rings. The van der Waals surface area contributed by atoms with Crippen LogP contribution in [0.25, 0.3) is 0 Å². The minimum atomic E-state index is -0.819. The zero-order chi connectivity index (χ0) is 18.6. The van der Waals surface area contributed by atoms with Crippen molar-refractivity contribution in [1.29, 1.82) is 0 Å². The molecule has 1 aromatic carbocycles. The monoisotopic (exact) mass is 344 g/mol. The first-order chi connectivity index (χ1) is 11.7. The third-order valence-corrected chi connectivity index (χ3v) is 3.99. The summed E-state index contributed by atoms with van der Waals surface area (Å²) in [6, 6.07) is 11.0. The molecule has 0 saturated carbocycles. The average molecular weight is 344 g/mol. The Hall–Kier alpha value is -2.14. The number of aromatic nitrogens is 2. The van der Waals surface area contributed by atoms with E-state index in [4.69, 9.17) is 4.74 Å². The zero-order valence-electron chi connectivity index (χ0n) is 15.7. The predicted molar refractivity (Wildman–Crippen MR) is 99.2 cm³/mol. The molecule has 1 unspecified atom stereocenters. The molecule has 0 amide bonds. The maximum Gasteiger partial charge on any atom is 0.266 e. The van der Waals surface area contributed by atoms with Gasteiger partial charge in [-0.15, -0.1) is 0 Å². The Morgan fingerprint density at radius 1 is 1.16 bits per heavy atom. The van der Waals surface area contributed by atoms with Gasteiger partial charge in [0.05, 0.1) is 12.2 Å². The molecule has 1 heterocycles. The van der Waals surface area contributed by atoms with E-state index in [0.29, 0.717) is 5.92 Å². The molecule has 0 aliphatic heterocycles. The maximum absolute atomic E-state index is 12.0. The van der Waals surface area contributed by atoms with Gasteiger partial charge in [0.2, 0.25) is 0 Å². The Labute approximate surface area is 149 Å². The summed E-state index contributed by atoms with van der Waals surface area (Å²) in [4.78, 5) is 12.0. The third-order valence-electron chi connectivity index (χ3n) is 3.99. The summed E-state index contributed by atoms with van der Waals surface area (Å²) < 4.78 is 7.09. The van der Waals surface area contributed by atoms with Gasteiger partial charge in [-0.2, -0.15) is 5.10 Å². The van der Waals surface area contributed by atoms with Crippen molar-refractivity contribution in [3.05, 3.63) is 58.0 Å². The molecule has 2 rings (SSSR count). The van der Waals surface area contributed by atoms with Crippen LogP contribution in [0.1, 0.15) is 51.8 Å². The van der Waals surface area contributed by atoms with Crippen LogP contribution in [-0.2, 0) is 12.0 Å². The number of benzene rings is 1. The van der Waals surface area contributed by atoms with Crippen LogP contribution >= 0.6 is 0 Å². The molecule has 0 saturated heterocycles. The highest BCUT2D eigenvalue weighted by Crippen LogP contribution is 2.26. The van der Waals surface area contributed by atoms with Gasteiger partial charge < -0.3 is 9.84 Å². The van der Waals surface area contributed by atoms with Gasteiger partial charge >= 0.3 is 0 Å².